The molecule has 0 aliphatic carbocycles. The van der Waals surface area contributed by atoms with Crippen molar-refractivity contribution in [3.63, 3.8) is 0 Å². The number of nitrogens with one attached hydrogen (secondary N) is 1. The maximum Gasteiger partial charge on any atom is 0.321 e. The summed E-state index contributed by atoms with van der Waals surface area (Å²) < 4.78 is 10.7. The fourth-order valence-corrected chi connectivity index (χ4v) is 3.66. The molecule has 1 aliphatic heterocycles. The van der Waals surface area contributed by atoms with Crippen molar-refractivity contribution >= 4 is 23.3 Å². The number of piperidine rings is 1. The third-order valence-electron chi connectivity index (χ3n) is 4.93. The predicted octanol–water partition coefficient (Wildman–Crippen LogP) is 3.68. The standard InChI is InChI=1S/C20H21ClN6O3/c1-29-17-5-4-14(21)10-15(17)24-20(28)27-8-2-3-13(12-27)9-18-25-19(26-30-18)16-11-22-6-7-23-16/h4-7,10-11,13H,2-3,8-9,12H2,1H3,(H,24,28). The quantitative estimate of drug-likeness (QED) is 0.660. The lowest BCUT2D eigenvalue weighted by Gasteiger charge is -2.32. The van der Waals surface area contributed by atoms with Gasteiger partial charge in [0.2, 0.25) is 11.7 Å². The fraction of sp³-hybridized carbons (Fsp3) is 0.350. The largest absolute Gasteiger partial charge is 0.495 e. The average molecular weight is 429 g/mol. The number of ether oxygens (including phenoxy) is 1. The van der Waals surface area contributed by atoms with Crippen molar-refractivity contribution in [1.29, 1.82) is 0 Å². The number of anilines is 1. The van der Waals surface area contributed by atoms with Crippen LogP contribution in [0.3, 0.4) is 0 Å². The molecule has 3 aromatic rings. The monoisotopic (exact) mass is 428 g/mol. The molecule has 1 saturated heterocycles. The van der Waals surface area contributed by atoms with E-state index in [1.807, 2.05) is 0 Å². The summed E-state index contributed by atoms with van der Waals surface area (Å²) in [4.78, 5) is 27.2. The number of amides is 2. The number of methoxy groups -OCH3 is 1. The number of urea groups is 1. The van der Waals surface area contributed by atoms with Crippen LogP contribution in [0.5, 0.6) is 5.75 Å². The molecule has 0 bridgehead atoms. The van der Waals surface area contributed by atoms with Crippen LogP contribution in [0.15, 0.2) is 41.3 Å². The van der Waals surface area contributed by atoms with E-state index in [1.165, 1.54) is 0 Å². The molecule has 2 aromatic heterocycles. The highest BCUT2D eigenvalue weighted by Gasteiger charge is 2.26. The summed E-state index contributed by atoms with van der Waals surface area (Å²) >= 11 is 6.05. The van der Waals surface area contributed by atoms with E-state index in [1.54, 1.807) is 48.8 Å². The molecule has 0 radical (unpaired) electrons. The van der Waals surface area contributed by atoms with E-state index in [2.05, 4.69) is 25.4 Å². The lowest BCUT2D eigenvalue weighted by molar-refractivity contribution is 0.173. The summed E-state index contributed by atoms with van der Waals surface area (Å²) in [6.45, 7) is 1.28. The minimum absolute atomic E-state index is 0.189. The molecule has 2 amide bonds. The average Bonchev–Trinajstić information content (AvgIpc) is 3.23. The summed E-state index contributed by atoms with van der Waals surface area (Å²) in [6, 6.07) is 4.92. The van der Waals surface area contributed by atoms with Crippen LogP contribution >= 0.6 is 11.6 Å². The van der Waals surface area contributed by atoms with Crippen molar-refractivity contribution in [3.8, 4) is 17.3 Å². The van der Waals surface area contributed by atoms with Crippen LogP contribution in [0.4, 0.5) is 10.5 Å². The van der Waals surface area contributed by atoms with Crippen molar-refractivity contribution in [1.82, 2.24) is 25.0 Å². The third-order valence-corrected chi connectivity index (χ3v) is 5.17. The summed E-state index contributed by atoms with van der Waals surface area (Å²) in [5, 5.41) is 7.40. The normalized spacial score (nSPS) is 16.3. The highest BCUT2D eigenvalue weighted by molar-refractivity contribution is 6.31. The SMILES string of the molecule is COc1ccc(Cl)cc1NC(=O)N1CCCC(Cc2nc(-c3cnccn3)no2)C1. The maximum atomic E-state index is 12.8. The zero-order chi connectivity index (χ0) is 20.9. The van der Waals surface area contributed by atoms with Gasteiger partial charge in [-0.15, -0.1) is 0 Å². The minimum Gasteiger partial charge on any atom is -0.495 e. The maximum absolute atomic E-state index is 12.8. The zero-order valence-corrected chi connectivity index (χ0v) is 17.2. The molecule has 1 aliphatic rings. The number of halogens is 1. The third kappa shape index (κ3) is 4.68. The van der Waals surface area contributed by atoms with Crippen molar-refractivity contribution in [3.05, 3.63) is 47.7 Å². The van der Waals surface area contributed by atoms with Crippen molar-refractivity contribution < 1.29 is 14.1 Å². The van der Waals surface area contributed by atoms with Crippen molar-refractivity contribution in [2.45, 2.75) is 19.3 Å². The van der Waals surface area contributed by atoms with Gasteiger partial charge >= 0.3 is 6.03 Å². The molecule has 30 heavy (non-hydrogen) atoms. The van der Waals surface area contributed by atoms with Gasteiger partial charge in [0, 0.05) is 36.9 Å². The van der Waals surface area contributed by atoms with E-state index in [4.69, 9.17) is 20.9 Å². The first-order chi connectivity index (χ1) is 14.6. The summed E-state index contributed by atoms with van der Waals surface area (Å²) in [7, 11) is 1.55. The second-order valence-electron chi connectivity index (χ2n) is 7.04. The van der Waals surface area contributed by atoms with Gasteiger partial charge in [-0.1, -0.05) is 16.8 Å². The molecule has 1 fully saturated rings. The van der Waals surface area contributed by atoms with E-state index in [0.717, 1.165) is 12.8 Å². The zero-order valence-electron chi connectivity index (χ0n) is 16.4. The number of aromatic nitrogens is 4. The highest BCUT2D eigenvalue weighted by Crippen LogP contribution is 2.29. The number of rotatable bonds is 5. The Morgan fingerprint density at radius 2 is 2.30 bits per heavy atom. The Morgan fingerprint density at radius 3 is 3.10 bits per heavy atom. The van der Waals surface area contributed by atoms with Crippen LogP contribution in [0.2, 0.25) is 5.02 Å². The van der Waals surface area contributed by atoms with Crippen LogP contribution in [0, 0.1) is 5.92 Å². The molecular formula is C20H21ClN6O3. The van der Waals surface area contributed by atoms with Gasteiger partial charge in [-0.2, -0.15) is 4.98 Å². The molecule has 1 aromatic carbocycles. The molecule has 9 nitrogen and oxygen atoms in total. The molecule has 1 unspecified atom stereocenters. The molecule has 0 saturated carbocycles. The Morgan fingerprint density at radius 1 is 1.40 bits per heavy atom. The number of likely N-dealkylation sites (tertiary alicyclic amines) is 1. The Labute approximate surface area is 178 Å². The molecule has 156 valence electrons. The van der Waals surface area contributed by atoms with Crippen LogP contribution in [-0.2, 0) is 6.42 Å². The second-order valence-corrected chi connectivity index (χ2v) is 7.47. The molecule has 10 heteroatoms. The smallest absolute Gasteiger partial charge is 0.321 e. The van der Waals surface area contributed by atoms with Crippen LogP contribution < -0.4 is 10.1 Å². The topological polar surface area (TPSA) is 106 Å². The Hall–Kier alpha value is -3.20. The van der Waals surface area contributed by atoms with Gasteiger partial charge in [0.15, 0.2) is 0 Å². The summed E-state index contributed by atoms with van der Waals surface area (Å²) in [5.41, 5.74) is 1.11. The molecular weight excluding hydrogens is 408 g/mol. The second kappa shape index (κ2) is 9.08. The first kappa shape index (κ1) is 20.1. The number of nitrogens with zero attached hydrogens (tertiary/aromatic N) is 5. The van der Waals surface area contributed by atoms with Gasteiger partial charge in [0.05, 0.1) is 19.0 Å². The van der Waals surface area contributed by atoms with Gasteiger partial charge in [-0.25, -0.2) is 9.78 Å². The van der Waals surface area contributed by atoms with E-state index in [-0.39, 0.29) is 11.9 Å². The minimum atomic E-state index is -0.189. The Kier molecular flexibility index (Phi) is 6.08. The molecule has 0 spiro atoms. The van der Waals surface area contributed by atoms with E-state index >= 15 is 0 Å². The van der Waals surface area contributed by atoms with Gasteiger partial charge in [-0.05, 0) is 37.0 Å². The van der Waals surface area contributed by atoms with Crippen LogP contribution in [0.25, 0.3) is 11.5 Å². The Balaban J connectivity index is 1.38. The fourth-order valence-electron chi connectivity index (χ4n) is 3.49. The molecule has 1 N–H and O–H groups in total. The van der Waals surface area contributed by atoms with Crippen molar-refractivity contribution in [2.24, 2.45) is 5.92 Å². The highest BCUT2D eigenvalue weighted by atomic mass is 35.5. The first-order valence-corrected chi connectivity index (χ1v) is 9.98. The number of hydrogen-bond acceptors (Lipinski definition) is 7. The molecule has 3 heterocycles. The Bertz CT molecular complexity index is 1010. The van der Waals surface area contributed by atoms with Gasteiger partial charge in [-0.3, -0.25) is 4.98 Å². The lowest BCUT2D eigenvalue weighted by atomic mass is 9.95. The van der Waals surface area contributed by atoms with Gasteiger partial charge < -0.3 is 19.5 Å². The van der Waals surface area contributed by atoms with E-state index in [9.17, 15) is 4.79 Å². The number of carbonyl (C=O) groups excluding carboxylic acids is 1. The van der Waals surface area contributed by atoms with Crippen LogP contribution in [0.1, 0.15) is 18.7 Å². The number of carbonyl (C=O) groups is 1. The summed E-state index contributed by atoms with van der Waals surface area (Å²) in [6.07, 6.45) is 7.23. The lowest BCUT2D eigenvalue weighted by Crippen LogP contribution is -2.42. The predicted molar refractivity (Wildman–Crippen MR) is 110 cm³/mol. The van der Waals surface area contributed by atoms with Crippen molar-refractivity contribution in [2.75, 3.05) is 25.5 Å². The molecule has 4 rings (SSSR count). The van der Waals surface area contributed by atoms with E-state index in [0.29, 0.717) is 53.4 Å². The first-order valence-electron chi connectivity index (χ1n) is 9.61. The van der Waals surface area contributed by atoms with Crippen LogP contribution in [-0.4, -0.2) is 51.2 Å². The number of benzene rings is 1. The molecule has 1 atom stereocenters. The summed E-state index contributed by atoms with van der Waals surface area (Å²) in [5.74, 6) is 1.72. The van der Waals surface area contributed by atoms with Gasteiger partial charge in [0.1, 0.15) is 11.4 Å². The van der Waals surface area contributed by atoms with Gasteiger partial charge in [0.25, 0.3) is 0 Å². The number of hydrogen-bond donors (Lipinski definition) is 1. The van der Waals surface area contributed by atoms with E-state index < -0.39 is 0 Å².